The maximum Gasteiger partial charge on any atom is 0.141 e. The lowest BCUT2D eigenvalue weighted by Crippen LogP contribution is -1.93. The Hall–Kier alpha value is -2.99. The molecule has 1 aliphatic carbocycles. The Labute approximate surface area is 157 Å². The number of unbranched alkanes of at least 4 members (excludes halogenated alkanes) is 1. The van der Waals surface area contributed by atoms with Crippen molar-refractivity contribution in [1.82, 2.24) is 0 Å². The van der Waals surface area contributed by atoms with Gasteiger partial charge in [-0.25, -0.2) is 8.78 Å². The quantitative estimate of drug-likeness (QED) is 0.412. The van der Waals surface area contributed by atoms with E-state index in [4.69, 9.17) is 5.26 Å². The highest BCUT2D eigenvalue weighted by Crippen LogP contribution is 2.40. The molecule has 0 spiro atoms. The molecule has 3 aromatic carbocycles. The van der Waals surface area contributed by atoms with Crippen molar-refractivity contribution in [3.63, 3.8) is 0 Å². The maximum atomic E-state index is 14.5. The molecular weight excluding hydrogens is 340 g/mol. The number of nitriles is 1. The lowest BCUT2D eigenvalue weighted by atomic mass is 9.98. The largest absolute Gasteiger partial charge is 0.207 e. The van der Waals surface area contributed by atoms with E-state index in [1.165, 1.54) is 12.1 Å². The summed E-state index contributed by atoms with van der Waals surface area (Å²) in [5, 5.41) is 8.88. The van der Waals surface area contributed by atoms with Gasteiger partial charge in [-0.1, -0.05) is 43.7 Å². The normalized spacial score (nSPS) is 11.8. The van der Waals surface area contributed by atoms with Gasteiger partial charge >= 0.3 is 0 Å². The Morgan fingerprint density at radius 2 is 1.63 bits per heavy atom. The summed E-state index contributed by atoms with van der Waals surface area (Å²) < 4.78 is 28.4. The molecule has 1 nitrogen and oxygen atoms in total. The summed E-state index contributed by atoms with van der Waals surface area (Å²) in [5.41, 5.74) is 6.75. The fourth-order valence-corrected chi connectivity index (χ4v) is 3.80. The van der Waals surface area contributed by atoms with Crippen LogP contribution in [0.4, 0.5) is 8.78 Å². The molecule has 0 bridgehead atoms. The molecule has 0 fully saturated rings. The summed E-state index contributed by atoms with van der Waals surface area (Å²) in [7, 11) is 0. The van der Waals surface area contributed by atoms with E-state index in [2.05, 4.69) is 6.92 Å². The van der Waals surface area contributed by atoms with E-state index < -0.39 is 5.82 Å². The molecule has 0 N–H and O–H groups in total. The molecule has 0 heterocycles. The van der Waals surface area contributed by atoms with Crippen LogP contribution in [-0.2, 0) is 12.8 Å². The highest BCUT2D eigenvalue weighted by atomic mass is 19.1. The van der Waals surface area contributed by atoms with Crippen molar-refractivity contribution in [3.8, 4) is 28.3 Å². The summed E-state index contributed by atoms with van der Waals surface area (Å²) in [6.07, 6.45) is 3.55. The molecule has 3 heteroatoms. The third kappa shape index (κ3) is 3.13. The Morgan fingerprint density at radius 3 is 2.37 bits per heavy atom. The molecule has 0 saturated carbocycles. The summed E-state index contributed by atoms with van der Waals surface area (Å²) in [4.78, 5) is 0. The summed E-state index contributed by atoms with van der Waals surface area (Å²) in [6.45, 7) is 2.11. The van der Waals surface area contributed by atoms with Crippen LogP contribution in [0.3, 0.4) is 0 Å². The number of nitrogens with zero attached hydrogens (tertiary/aromatic N) is 1. The van der Waals surface area contributed by atoms with Crippen LogP contribution in [0, 0.1) is 23.0 Å². The van der Waals surface area contributed by atoms with Crippen LogP contribution in [0.5, 0.6) is 0 Å². The summed E-state index contributed by atoms with van der Waals surface area (Å²) >= 11 is 0. The van der Waals surface area contributed by atoms with Crippen LogP contribution in [0.15, 0.2) is 48.5 Å². The van der Waals surface area contributed by atoms with Crippen molar-refractivity contribution in [2.24, 2.45) is 0 Å². The minimum Gasteiger partial charge on any atom is -0.207 e. The predicted molar refractivity (Wildman–Crippen MR) is 103 cm³/mol. The maximum absolute atomic E-state index is 14.5. The molecule has 27 heavy (non-hydrogen) atoms. The highest BCUT2D eigenvalue weighted by Gasteiger charge is 2.21. The van der Waals surface area contributed by atoms with Gasteiger partial charge in [-0.05, 0) is 76.4 Å². The predicted octanol–water partition coefficient (Wildman–Crippen LogP) is 6.42. The Balaban J connectivity index is 1.70. The number of hydrogen-bond donors (Lipinski definition) is 0. The number of aryl methyl sites for hydroxylation is 1. The van der Waals surface area contributed by atoms with E-state index in [9.17, 15) is 8.78 Å². The fraction of sp³-hybridized carbons (Fsp3) is 0.208. The first-order valence-corrected chi connectivity index (χ1v) is 9.25. The molecule has 0 amide bonds. The number of halogens is 2. The first kappa shape index (κ1) is 17.4. The molecule has 0 saturated heterocycles. The van der Waals surface area contributed by atoms with Gasteiger partial charge in [0.2, 0.25) is 0 Å². The number of rotatable bonds is 4. The van der Waals surface area contributed by atoms with Crippen LogP contribution in [0.1, 0.15) is 42.0 Å². The minimum absolute atomic E-state index is 0.0439. The Bertz CT molecular complexity index is 1080. The van der Waals surface area contributed by atoms with Gasteiger partial charge in [0.25, 0.3) is 0 Å². The molecule has 0 aromatic heterocycles. The van der Waals surface area contributed by atoms with Gasteiger partial charge in [0.15, 0.2) is 0 Å². The average Bonchev–Trinajstić information content (AvgIpc) is 3.02. The van der Waals surface area contributed by atoms with Gasteiger partial charge < -0.3 is 0 Å². The fourth-order valence-electron chi connectivity index (χ4n) is 3.80. The summed E-state index contributed by atoms with van der Waals surface area (Å²) in [5.74, 6) is -0.644. The van der Waals surface area contributed by atoms with Crippen LogP contribution in [0.2, 0.25) is 0 Å². The van der Waals surface area contributed by atoms with Crippen molar-refractivity contribution >= 4 is 0 Å². The topological polar surface area (TPSA) is 23.8 Å². The standard InChI is InChI=1S/C24H19F2N/c1-2-3-4-17-10-20-11-19-9-15(7-8-21(19)22(20)13-24(17)26)16-5-6-18(14-27)23(25)12-16/h5-10,12-13H,2-4,11H2,1H3. The average molecular weight is 359 g/mol. The van der Waals surface area contributed by atoms with Crippen LogP contribution in [0.25, 0.3) is 22.3 Å². The molecular formula is C24H19F2N. The number of fused-ring (bicyclic) bond motifs is 3. The van der Waals surface area contributed by atoms with Crippen LogP contribution >= 0.6 is 0 Å². The van der Waals surface area contributed by atoms with Gasteiger partial charge in [-0.3, -0.25) is 0 Å². The van der Waals surface area contributed by atoms with Crippen molar-refractivity contribution in [1.29, 1.82) is 5.26 Å². The monoisotopic (exact) mass is 359 g/mol. The minimum atomic E-state index is -0.513. The van der Waals surface area contributed by atoms with Crippen molar-refractivity contribution in [2.45, 2.75) is 32.6 Å². The molecule has 0 atom stereocenters. The molecule has 134 valence electrons. The molecule has 3 aromatic rings. The zero-order valence-electron chi connectivity index (χ0n) is 15.2. The van der Waals surface area contributed by atoms with Crippen LogP contribution < -0.4 is 0 Å². The third-order valence-corrected chi connectivity index (χ3v) is 5.27. The number of hydrogen-bond acceptors (Lipinski definition) is 1. The molecule has 4 rings (SSSR count). The van der Waals surface area contributed by atoms with E-state index in [0.29, 0.717) is 0 Å². The second-order valence-electron chi connectivity index (χ2n) is 7.06. The second kappa shape index (κ2) is 6.96. The summed E-state index contributed by atoms with van der Waals surface area (Å²) in [6, 6.07) is 16.1. The lowest BCUT2D eigenvalue weighted by molar-refractivity contribution is 0.603. The molecule has 1 aliphatic rings. The van der Waals surface area contributed by atoms with E-state index in [0.717, 1.165) is 64.6 Å². The van der Waals surface area contributed by atoms with Gasteiger partial charge in [-0.2, -0.15) is 5.26 Å². The first-order valence-electron chi connectivity index (χ1n) is 9.25. The van der Waals surface area contributed by atoms with Gasteiger partial charge in [0, 0.05) is 0 Å². The zero-order valence-corrected chi connectivity index (χ0v) is 15.2. The SMILES string of the molecule is CCCCc1cc2c(cc1F)-c1ccc(-c3ccc(C#N)c(F)c3)cc1C2. The molecule has 0 unspecified atom stereocenters. The van der Waals surface area contributed by atoms with Crippen molar-refractivity contribution in [3.05, 3.63) is 82.4 Å². The molecule has 0 aliphatic heterocycles. The van der Waals surface area contributed by atoms with Gasteiger partial charge in [-0.15, -0.1) is 0 Å². The van der Waals surface area contributed by atoms with Gasteiger partial charge in [0.1, 0.15) is 17.7 Å². The Kier molecular flexibility index (Phi) is 4.49. The van der Waals surface area contributed by atoms with E-state index in [-0.39, 0.29) is 11.4 Å². The van der Waals surface area contributed by atoms with Crippen LogP contribution in [-0.4, -0.2) is 0 Å². The first-order chi connectivity index (χ1) is 13.1. The Morgan fingerprint density at radius 1 is 0.889 bits per heavy atom. The highest BCUT2D eigenvalue weighted by molar-refractivity contribution is 5.80. The zero-order chi connectivity index (χ0) is 19.0. The smallest absolute Gasteiger partial charge is 0.141 e. The van der Waals surface area contributed by atoms with E-state index >= 15 is 0 Å². The van der Waals surface area contributed by atoms with Crippen molar-refractivity contribution < 1.29 is 8.78 Å². The van der Waals surface area contributed by atoms with Gasteiger partial charge in [0.05, 0.1) is 5.56 Å². The molecule has 0 radical (unpaired) electrons. The third-order valence-electron chi connectivity index (χ3n) is 5.27. The number of benzene rings is 3. The van der Waals surface area contributed by atoms with Crippen molar-refractivity contribution in [2.75, 3.05) is 0 Å². The lowest BCUT2D eigenvalue weighted by Gasteiger charge is -2.08. The second-order valence-corrected chi connectivity index (χ2v) is 7.06. The van der Waals surface area contributed by atoms with E-state index in [1.54, 1.807) is 12.1 Å². The van der Waals surface area contributed by atoms with E-state index in [1.807, 2.05) is 30.3 Å².